The van der Waals surface area contributed by atoms with Gasteiger partial charge in [0.15, 0.2) is 0 Å². The van der Waals surface area contributed by atoms with Gasteiger partial charge >= 0.3 is 6.03 Å². The lowest BCUT2D eigenvalue weighted by molar-refractivity contribution is -0.135. The van der Waals surface area contributed by atoms with Gasteiger partial charge in [-0.2, -0.15) is 0 Å². The molecule has 1 aliphatic rings. The number of benzene rings is 1. The Morgan fingerprint density at radius 2 is 1.68 bits per heavy atom. The van der Waals surface area contributed by atoms with Crippen molar-refractivity contribution in [2.24, 2.45) is 0 Å². The summed E-state index contributed by atoms with van der Waals surface area (Å²) < 4.78 is 0. The SMILES string of the molecule is CN(C)CCN(C)C(=O)CN1C(=O)N(C)C(=O)[C@]1(C)c1ccccc1. The molecule has 0 spiro atoms. The maximum atomic E-state index is 12.7. The third-order valence-electron chi connectivity index (χ3n) is 4.72. The van der Waals surface area contributed by atoms with Crippen molar-refractivity contribution in [3.05, 3.63) is 35.9 Å². The van der Waals surface area contributed by atoms with Crippen LogP contribution in [0, 0.1) is 0 Å². The number of amides is 4. The van der Waals surface area contributed by atoms with Gasteiger partial charge in [-0.05, 0) is 26.6 Å². The monoisotopic (exact) mass is 346 g/mol. The molecule has 0 aromatic heterocycles. The lowest BCUT2D eigenvalue weighted by Gasteiger charge is -2.33. The van der Waals surface area contributed by atoms with Crippen molar-refractivity contribution in [1.82, 2.24) is 19.6 Å². The topological polar surface area (TPSA) is 64.2 Å². The summed E-state index contributed by atoms with van der Waals surface area (Å²) in [5.74, 6) is -0.520. The molecule has 0 radical (unpaired) electrons. The summed E-state index contributed by atoms with van der Waals surface area (Å²) >= 11 is 0. The third-order valence-corrected chi connectivity index (χ3v) is 4.72. The molecule has 0 saturated carbocycles. The van der Waals surface area contributed by atoms with E-state index in [0.717, 1.165) is 11.4 Å². The molecular weight excluding hydrogens is 320 g/mol. The largest absolute Gasteiger partial charge is 0.343 e. The summed E-state index contributed by atoms with van der Waals surface area (Å²) in [6.07, 6.45) is 0. The fourth-order valence-corrected chi connectivity index (χ4v) is 2.90. The van der Waals surface area contributed by atoms with Crippen LogP contribution in [0.2, 0.25) is 0 Å². The van der Waals surface area contributed by atoms with Gasteiger partial charge in [0.1, 0.15) is 12.1 Å². The van der Waals surface area contributed by atoms with Gasteiger partial charge in [0, 0.05) is 27.2 Å². The Morgan fingerprint density at radius 1 is 1.08 bits per heavy atom. The molecule has 0 aliphatic carbocycles. The van der Waals surface area contributed by atoms with E-state index in [1.165, 1.54) is 11.9 Å². The zero-order valence-corrected chi connectivity index (χ0v) is 15.5. The van der Waals surface area contributed by atoms with Crippen LogP contribution in [-0.2, 0) is 15.1 Å². The van der Waals surface area contributed by atoms with Gasteiger partial charge in [0.25, 0.3) is 5.91 Å². The van der Waals surface area contributed by atoms with E-state index in [1.807, 2.05) is 37.2 Å². The maximum absolute atomic E-state index is 12.7. The summed E-state index contributed by atoms with van der Waals surface area (Å²) in [6, 6.07) is 8.64. The number of carbonyl (C=O) groups excluding carboxylic acids is 3. The van der Waals surface area contributed by atoms with Gasteiger partial charge in [0.05, 0.1) is 0 Å². The quantitative estimate of drug-likeness (QED) is 0.715. The summed E-state index contributed by atoms with van der Waals surface area (Å²) in [7, 11) is 7.02. The van der Waals surface area contributed by atoms with Gasteiger partial charge in [0.2, 0.25) is 5.91 Å². The van der Waals surface area contributed by atoms with Crippen LogP contribution in [0.25, 0.3) is 0 Å². The minimum atomic E-state index is -1.18. The molecule has 0 N–H and O–H groups in total. The molecule has 1 aromatic rings. The van der Waals surface area contributed by atoms with E-state index in [1.54, 1.807) is 31.0 Å². The Balaban J connectivity index is 2.26. The number of hydrogen-bond donors (Lipinski definition) is 0. The average Bonchev–Trinajstić information content (AvgIpc) is 2.76. The van der Waals surface area contributed by atoms with E-state index in [2.05, 4.69) is 0 Å². The summed E-state index contributed by atoms with van der Waals surface area (Å²) in [4.78, 5) is 43.9. The normalized spacial score (nSPS) is 20.6. The van der Waals surface area contributed by atoms with Crippen LogP contribution >= 0.6 is 0 Å². The Labute approximate surface area is 148 Å². The van der Waals surface area contributed by atoms with Crippen molar-refractivity contribution >= 4 is 17.8 Å². The van der Waals surface area contributed by atoms with Crippen LogP contribution in [0.4, 0.5) is 4.79 Å². The molecule has 4 amide bonds. The molecule has 25 heavy (non-hydrogen) atoms. The number of rotatable bonds is 6. The Kier molecular flexibility index (Phi) is 5.47. The molecule has 1 atom stereocenters. The lowest BCUT2D eigenvalue weighted by Crippen LogP contribution is -2.49. The molecule has 2 rings (SSSR count). The smallest absolute Gasteiger partial charge is 0.328 e. The number of carbonyl (C=O) groups is 3. The number of likely N-dealkylation sites (N-methyl/N-ethyl adjacent to an activating group) is 3. The first kappa shape index (κ1) is 18.9. The third kappa shape index (κ3) is 3.51. The molecule has 1 fully saturated rings. The van der Waals surface area contributed by atoms with E-state index in [-0.39, 0.29) is 18.4 Å². The van der Waals surface area contributed by atoms with Crippen molar-refractivity contribution in [3.8, 4) is 0 Å². The van der Waals surface area contributed by atoms with Crippen molar-refractivity contribution in [2.45, 2.75) is 12.5 Å². The summed E-state index contributed by atoms with van der Waals surface area (Å²) in [5, 5.41) is 0. The highest BCUT2D eigenvalue weighted by Crippen LogP contribution is 2.36. The van der Waals surface area contributed by atoms with Gasteiger partial charge in [-0.1, -0.05) is 30.3 Å². The number of urea groups is 1. The van der Waals surface area contributed by atoms with Crippen LogP contribution in [0.3, 0.4) is 0 Å². The van der Waals surface area contributed by atoms with Crippen LogP contribution in [0.5, 0.6) is 0 Å². The molecule has 1 aliphatic heterocycles. The summed E-state index contributed by atoms with van der Waals surface area (Å²) in [6.45, 7) is 2.84. The number of imide groups is 1. The predicted molar refractivity (Wildman–Crippen MR) is 94.9 cm³/mol. The Hall–Kier alpha value is -2.41. The summed E-state index contributed by atoms with van der Waals surface area (Å²) in [5.41, 5.74) is -0.480. The van der Waals surface area contributed by atoms with Gasteiger partial charge in [-0.25, -0.2) is 4.79 Å². The van der Waals surface area contributed by atoms with Crippen molar-refractivity contribution in [1.29, 1.82) is 0 Å². The first-order valence-corrected chi connectivity index (χ1v) is 8.23. The number of nitrogens with zero attached hydrogens (tertiary/aromatic N) is 4. The zero-order chi connectivity index (χ0) is 18.8. The second kappa shape index (κ2) is 7.23. The standard InChI is InChI=1S/C18H26N4O3/c1-18(14-9-7-6-8-10-14)16(24)21(5)17(25)22(18)13-15(23)20(4)12-11-19(2)3/h6-10H,11-13H2,1-5H3/t18-/m0/s1. The lowest BCUT2D eigenvalue weighted by atomic mass is 9.90. The fraction of sp³-hybridized carbons (Fsp3) is 0.500. The maximum Gasteiger partial charge on any atom is 0.328 e. The minimum Gasteiger partial charge on any atom is -0.343 e. The van der Waals surface area contributed by atoms with Crippen LogP contribution in [0.15, 0.2) is 30.3 Å². The average molecular weight is 346 g/mol. The molecule has 1 saturated heterocycles. The molecule has 136 valence electrons. The van der Waals surface area contributed by atoms with E-state index in [4.69, 9.17) is 0 Å². The molecule has 7 nitrogen and oxygen atoms in total. The van der Waals surface area contributed by atoms with E-state index in [9.17, 15) is 14.4 Å². The van der Waals surface area contributed by atoms with Crippen molar-refractivity contribution in [3.63, 3.8) is 0 Å². The van der Waals surface area contributed by atoms with Crippen LogP contribution < -0.4 is 0 Å². The molecule has 7 heteroatoms. The predicted octanol–water partition coefficient (Wildman–Crippen LogP) is 0.816. The Bertz CT molecular complexity index is 662. The molecule has 1 heterocycles. The van der Waals surface area contributed by atoms with Crippen LogP contribution in [0.1, 0.15) is 12.5 Å². The highest BCUT2D eigenvalue weighted by atomic mass is 16.2. The Morgan fingerprint density at radius 3 is 2.24 bits per heavy atom. The highest BCUT2D eigenvalue weighted by Gasteiger charge is 2.54. The fourth-order valence-electron chi connectivity index (χ4n) is 2.90. The van der Waals surface area contributed by atoms with Crippen molar-refractivity contribution in [2.75, 3.05) is 47.8 Å². The highest BCUT2D eigenvalue weighted by molar-refractivity contribution is 6.08. The van der Waals surface area contributed by atoms with Gasteiger partial charge in [-0.15, -0.1) is 0 Å². The minimum absolute atomic E-state index is 0.135. The second-order valence-electron chi connectivity index (χ2n) is 6.79. The first-order chi connectivity index (χ1) is 11.7. The van der Waals surface area contributed by atoms with E-state index >= 15 is 0 Å². The van der Waals surface area contributed by atoms with E-state index in [0.29, 0.717) is 12.1 Å². The van der Waals surface area contributed by atoms with Crippen LogP contribution in [-0.4, -0.2) is 85.3 Å². The van der Waals surface area contributed by atoms with Crippen molar-refractivity contribution < 1.29 is 14.4 Å². The molecular formula is C18H26N4O3. The van der Waals surface area contributed by atoms with E-state index < -0.39 is 11.6 Å². The number of hydrogen-bond acceptors (Lipinski definition) is 4. The first-order valence-electron chi connectivity index (χ1n) is 8.23. The van der Waals surface area contributed by atoms with Gasteiger partial charge in [-0.3, -0.25) is 19.4 Å². The second-order valence-corrected chi connectivity index (χ2v) is 6.79. The molecule has 1 aromatic carbocycles. The van der Waals surface area contributed by atoms with Gasteiger partial charge < -0.3 is 9.80 Å². The molecule has 0 unspecified atom stereocenters. The molecule has 0 bridgehead atoms. The zero-order valence-electron chi connectivity index (χ0n) is 15.5.